The highest BCUT2D eigenvalue weighted by molar-refractivity contribution is 9.10. The first kappa shape index (κ1) is 12.8. The second-order valence-electron chi connectivity index (χ2n) is 4.19. The van der Waals surface area contributed by atoms with E-state index in [1.807, 2.05) is 41.8 Å². The summed E-state index contributed by atoms with van der Waals surface area (Å²) < 4.78 is 3.39. The topological polar surface area (TPSA) is 33.6 Å². The molecule has 3 nitrogen and oxygen atoms in total. The molecule has 0 atom stereocenters. The van der Waals surface area contributed by atoms with Crippen LogP contribution in [0.25, 0.3) is 16.9 Å². The molecule has 2 heterocycles. The predicted molar refractivity (Wildman–Crippen MR) is 83.7 cm³/mol. The summed E-state index contributed by atoms with van der Waals surface area (Å²) in [5, 5.41) is 0.655. The van der Waals surface area contributed by atoms with Gasteiger partial charge in [-0.1, -0.05) is 11.6 Å². The number of benzene rings is 1. The molecule has 0 saturated heterocycles. The number of aromatic amines is 1. The van der Waals surface area contributed by atoms with Crippen molar-refractivity contribution >= 4 is 50.9 Å². The number of pyridine rings is 1. The number of nitrogens with zero attached hydrogens (tertiary/aromatic N) is 2. The molecule has 0 aliphatic heterocycles. The van der Waals surface area contributed by atoms with E-state index in [4.69, 9.17) is 23.8 Å². The van der Waals surface area contributed by atoms with Crippen molar-refractivity contribution in [2.24, 2.45) is 0 Å². The second-order valence-corrected chi connectivity index (χ2v) is 5.86. The first-order valence-corrected chi connectivity index (χ1v) is 7.18. The van der Waals surface area contributed by atoms with Gasteiger partial charge in [-0.2, -0.15) is 0 Å². The summed E-state index contributed by atoms with van der Waals surface area (Å²) >= 11 is 15.0. The van der Waals surface area contributed by atoms with E-state index < -0.39 is 0 Å². The quantitative estimate of drug-likeness (QED) is 0.636. The Morgan fingerprint density at radius 2 is 2.11 bits per heavy atom. The maximum absolute atomic E-state index is 6.07. The summed E-state index contributed by atoms with van der Waals surface area (Å²) in [5.74, 6) is 0. The van der Waals surface area contributed by atoms with Crippen molar-refractivity contribution in [1.29, 1.82) is 0 Å². The van der Waals surface area contributed by atoms with Gasteiger partial charge in [0.1, 0.15) is 0 Å². The van der Waals surface area contributed by atoms with Crippen LogP contribution in [0.5, 0.6) is 0 Å². The third-order valence-corrected chi connectivity index (χ3v) is 4.01. The fraction of sp³-hybridized carbons (Fsp3) is 0.0769. The number of H-pyrrole nitrogens is 1. The van der Waals surface area contributed by atoms with E-state index >= 15 is 0 Å². The number of aromatic nitrogens is 3. The summed E-state index contributed by atoms with van der Waals surface area (Å²) in [7, 11) is 0. The third kappa shape index (κ3) is 2.22. The van der Waals surface area contributed by atoms with Crippen LogP contribution in [0.15, 0.2) is 34.8 Å². The Labute approximate surface area is 128 Å². The van der Waals surface area contributed by atoms with Crippen LogP contribution in [-0.2, 0) is 0 Å². The maximum Gasteiger partial charge on any atom is 0.184 e. The number of fused-ring (bicyclic) bond motifs is 1. The van der Waals surface area contributed by atoms with E-state index in [-0.39, 0.29) is 0 Å². The number of hydrogen-bond acceptors (Lipinski definition) is 2. The molecule has 2 aromatic heterocycles. The number of nitrogens with one attached hydrogen (secondary N) is 1. The van der Waals surface area contributed by atoms with Crippen molar-refractivity contribution < 1.29 is 0 Å². The number of hydrogen-bond donors (Lipinski definition) is 1. The predicted octanol–water partition coefficient (Wildman–Crippen LogP) is 4.81. The molecule has 0 saturated carbocycles. The Kier molecular flexibility index (Phi) is 3.20. The number of imidazole rings is 1. The van der Waals surface area contributed by atoms with Gasteiger partial charge in [0.2, 0.25) is 0 Å². The lowest BCUT2D eigenvalue weighted by Crippen LogP contribution is -1.97. The monoisotopic (exact) mass is 353 g/mol. The van der Waals surface area contributed by atoms with Crippen LogP contribution in [0.2, 0.25) is 5.02 Å². The fourth-order valence-electron chi connectivity index (χ4n) is 1.96. The van der Waals surface area contributed by atoms with E-state index in [0.29, 0.717) is 9.79 Å². The number of halogens is 2. The van der Waals surface area contributed by atoms with Crippen LogP contribution in [0, 0.1) is 11.7 Å². The highest BCUT2D eigenvalue weighted by Crippen LogP contribution is 2.27. The Morgan fingerprint density at radius 3 is 2.89 bits per heavy atom. The first-order valence-electron chi connectivity index (χ1n) is 5.60. The molecule has 96 valence electrons. The zero-order valence-electron chi connectivity index (χ0n) is 9.95. The smallest absolute Gasteiger partial charge is 0.184 e. The highest BCUT2D eigenvalue weighted by Gasteiger charge is 2.11. The van der Waals surface area contributed by atoms with E-state index in [9.17, 15) is 0 Å². The van der Waals surface area contributed by atoms with E-state index in [1.54, 1.807) is 0 Å². The Balaban J connectivity index is 2.42. The molecule has 3 rings (SSSR count). The summed E-state index contributed by atoms with van der Waals surface area (Å²) in [6.45, 7) is 1.95. The highest BCUT2D eigenvalue weighted by atomic mass is 79.9. The van der Waals surface area contributed by atoms with Crippen molar-refractivity contribution in [2.45, 2.75) is 6.92 Å². The molecule has 0 bridgehead atoms. The van der Waals surface area contributed by atoms with E-state index in [1.165, 1.54) is 0 Å². The normalized spacial score (nSPS) is 11.1. The first-order chi connectivity index (χ1) is 9.06. The van der Waals surface area contributed by atoms with Gasteiger partial charge in [-0.05, 0) is 65.4 Å². The van der Waals surface area contributed by atoms with Gasteiger partial charge >= 0.3 is 0 Å². The largest absolute Gasteiger partial charge is 0.329 e. The Hall–Kier alpha value is -1.17. The minimum Gasteiger partial charge on any atom is -0.329 e. The van der Waals surface area contributed by atoms with Crippen LogP contribution in [0.1, 0.15) is 5.69 Å². The van der Waals surface area contributed by atoms with Gasteiger partial charge in [-0.25, -0.2) is 4.98 Å². The zero-order valence-corrected chi connectivity index (χ0v) is 13.1. The van der Waals surface area contributed by atoms with Crippen molar-refractivity contribution in [3.05, 3.63) is 50.3 Å². The van der Waals surface area contributed by atoms with Crippen molar-refractivity contribution in [3.63, 3.8) is 0 Å². The summed E-state index contributed by atoms with van der Waals surface area (Å²) in [6, 6.07) is 9.51. The standard InChI is InChI=1S/C13H9BrClN3S/c1-7-2-5-10-12(16-7)18(13(19)17-10)11-6-8(15)3-4-9(11)14/h2-6H,1H3,(H,17,19). The van der Waals surface area contributed by atoms with Crippen LogP contribution in [-0.4, -0.2) is 14.5 Å². The van der Waals surface area contributed by atoms with Crippen LogP contribution < -0.4 is 0 Å². The molecular formula is C13H9BrClN3S. The molecule has 1 aromatic carbocycles. The second kappa shape index (κ2) is 4.74. The average Bonchev–Trinajstić information content (AvgIpc) is 2.68. The molecule has 0 spiro atoms. The lowest BCUT2D eigenvalue weighted by atomic mass is 10.3. The summed E-state index contributed by atoms with van der Waals surface area (Å²) in [5.41, 5.74) is 3.52. The summed E-state index contributed by atoms with van der Waals surface area (Å²) in [4.78, 5) is 7.70. The molecule has 0 fully saturated rings. The minimum absolute atomic E-state index is 0.594. The lowest BCUT2D eigenvalue weighted by molar-refractivity contribution is 1.03. The van der Waals surface area contributed by atoms with Gasteiger partial charge in [0.15, 0.2) is 10.4 Å². The van der Waals surface area contributed by atoms with Crippen molar-refractivity contribution in [3.8, 4) is 5.69 Å². The van der Waals surface area contributed by atoms with Crippen molar-refractivity contribution in [2.75, 3.05) is 0 Å². The van der Waals surface area contributed by atoms with E-state index in [0.717, 1.165) is 27.0 Å². The molecule has 3 aromatic rings. The van der Waals surface area contributed by atoms with Crippen LogP contribution in [0.3, 0.4) is 0 Å². The molecule has 0 radical (unpaired) electrons. The van der Waals surface area contributed by atoms with Gasteiger partial charge in [0.25, 0.3) is 0 Å². The molecule has 19 heavy (non-hydrogen) atoms. The average molecular weight is 355 g/mol. The molecule has 6 heteroatoms. The van der Waals surface area contributed by atoms with Gasteiger partial charge in [-0.3, -0.25) is 4.57 Å². The van der Waals surface area contributed by atoms with Crippen LogP contribution in [0.4, 0.5) is 0 Å². The van der Waals surface area contributed by atoms with Gasteiger partial charge in [-0.15, -0.1) is 0 Å². The lowest BCUT2D eigenvalue weighted by Gasteiger charge is -2.07. The van der Waals surface area contributed by atoms with Crippen LogP contribution >= 0.6 is 39.7 Å². The molecule has 0 aliphatic rings. The molecule has 1 N–H and O–H groups in total. The molecule has 0 amide bonds. The Morgan fingerprint density at radius 1 is 1.32 bits per heavy atom. The fourth-order valence-corrected chi connectivity index (χ4v) is 2.84. The Bertz CT molecular complexity index is 838. The molecular weight excluding hydrogens is 346 g/mol. The van der Waals surface area contributed by atoms with Gasteiger partial charge in [0.05, 0.1) is 11.2 Å². The van der Waals surface area contributed by atoms with Gasteiger partial charge < -0.3 is 4.98 Å². The number of aryl methyl sites for hydroxylation is 1. The molecule has 0 aliphatic carbocycles. The minimum atomic E-state index is 0.594. The maximum atomic E-state index is 6.07. The third-order valence-electron chi connectivity index (χ3n) is 2.82. The molecule has 0 unspecified atom stereocenters. The summed E-state index contributed by atoms with van der Waals surface area (Å²) in [6.07, 6.45) is 0. The number of rotatable bonds is 1. The van der Waals surface area contributed by atoms with Gasteiger partial charge in [0, 0.05) is 15.2 Å². The van der Waals surface area contributed by atoms with Crippen molar-refractivity contribution in [1.82, 2.24) is 14.5 Å². The zero-order chi connectivity index (χ0) is 13.6. The van der Waals surface area contributed by atoms with E-state index in [2.05, 4.69) is 25.9 Å². The SMILES string of the molecule is Cc1ccc2[nH]c(=S)n(-c3cc(Cl)ccc3Br)c2n1.